The molecule has 0 radical (unpaired) electrons. The van der Waals surface area contributed by atoms with Crippen molar-refractivity contribution in [1.29, 1.82) is 0 Å². The van der Waals surface area contributed by atoms with Gasteiger partial charge in [-0.3, -0.25) is 9.79 Å². The maximum absolute atomic E-state index is 12.7. The molecule has 0 bridgehead atoms. The summed E-state index contributed by atoms with van der Waals surface area (Å²) < 4.78 is 5.60. The number of ether oxygens (including phenoxy) is 1. The lowest BCUT2D eigenvalue weighted by atomic mass is 9.88. The summed E-state index contributed by atoms with van der Waals surface area (Å²) in [5.74, 6) is 1.41. The summed E-state index contributed by atoms with van der Waals surface area (Å²) in [6.07, 6.45) is 6.92. The molecule has 2 unspecified atom stereocenters. The molecule has 2 atom stereocenters. The third-order valence-corrected chi connectivity index (χ3v) is 5.72. The second kappa shape index (κ2) is 9.58. The number of aliphatic imine (C=N–C) groups is 1. The molecule has 2 fully saturated rings. The first kappa shape index (κ1) is 21.0. The van der Waals surface area contributed by atoms with Crippen LogP contribution in [0.1, 0.15) is 59.3 Å². The maximum atomic E-state index is 12.7. The molecule has 1 saturated heterocycles. The Morgan fingerprint density at radius 1 is 1.23 bits per heavy atom. The van der Waals surface area contributed by atoms with Crippen molar-refractivity contribution in [1.82, 2.24) is 15.5 Å². The molecule has 2 N–H and O–H groups in total. The number of hydrogen-bond acceptors (Lipinski definition) is 3. The first-order chi connectivity index (χ1) is 12.3. The van der Waals surface area contributed by atoms with Gasteiger partial charge in [0, 0.05) is 45.8 Å². The highest BCUT2D eigenvalue weighted by Crippen LogP contribution is 2.26. The number of amides is 1. The predicted molar refractivity (Wildman–Crippen MR) is 106 cm³/mol. The zero-order chi connectivity index (χ0) is 19.2. The molecular weight excluding hydrogens is 328 g/mol. The number of carbonyl (C=O) groups excluding carboxylic acids is 1. The third kappa shape index (κ3) is 5.86. The van der Waals surface area contributed by atoms with E-state index in [4.69, 9.17) is 4.74 Å². The average molecular weight is 367 g/mol. The summed E-state index contributed by atoms with van der Waals surface area (Å²) in [5, 5.41) is 6.85. The van der Waals surface area contributed by atoms with Gasteiger partial charge in [-0.15, -0.1) is 0 Å². The van der Waals surface area contributed by atoms with Crippen molar-refractivity contribution in [2.75, 3.05) is 33.8 Å². The molecule has 26 heavy (non-hydrogen) atoms. The Balaban J connectivity index is 1.79. The fourth-order valence-electron chi connectivity index (χ4n) is 4.01. The topological polar surface area (TPSA) is 66.0 Å². The summed E-state index contributed by atoms with van der Waals surface area (Å²) in [6, 6.07) is 0.268. The lowest BCUT2D eigenvalue weighted by molar-refractivity contribution is -0.135. The maximum Gasteiger partial charge on any atom is 0.225 e. The average Bonchev–Trinajstić information content (AvgIpc) is 3.08. The van der Waals surface area contributed by atoms with Crippen molar-refractivity contribution in [3.8, 4) is 0 Å². The minimum atomic E-state index is 0.0666. The summed E-state index contributed by atoms with van der Waals surface area (Å²) in [6.45, 7) is 8.85. The van der Waals surface area contributed by atoms with E-state index in [2.05, 4.69) is 36.4 Å². The molecule has 1 aliphatic carbocycles. The molecule has 0 aromatic carbocycles. The molecule has 6 nitrogen and oxygen atoms in total. The number of hydrogen-bond donors (Lipinski definition) is 2. The van der Waals surface area contributed by atoms with Crippen LogP contribution in [0.5, 0.6) is 0 Å². The van der Waals surface area contributed by atoms with Crippen molar-refractivity contribution in [2.45, 2.75) is 71.4 Å². The Kier molecular flexibility index (Phi) is 7.74. The van der Waals surface area contributed by atoms with Gasteiger partial charge in [0.2, 0.25) is 5.91 Å². The Bertz CT molecular complexity index is 481. The minimum absolute atomic E-state index is 0.0666. The molecule has 1 saturated carbocycles. The Labute approximate surface area is 159 Å². The lowest BCUT2D eigenvalue weighted by Crippen LogP contribution is -2.49. The Morgan fingerprint density at radius 3 is 2.50 bits per heavy atom. The summed E-state index contributed by atoms with van der Waals surface area (Å²) in [5.41, 5.74) is 0.0666. The highest BCUT2D eigenvalue weighted by atomic mass is 16.5. The van der Waals surface area contributed by atoms with Crippen molar-refractivity contribution >= 4 is 11.9 Å². The second-order valence-electron chi connectivity index (χ2n) is 8.79. The zero-order valence-electron chi connectivity index (χ0n) is 17.3. The van der Waals surface area contributed by atoms with Gasteiger partial charge in [0.1, 0.15) is 0 Å². The molecule has 0 spiro atoms. The minimum Gasteiger partial charge on any atom is -0.379 e. The first-order valence-electron chi connectivity index (χ1n) is 10.1. The monoisotopic (exact) mass is 366 g/mol. The van der Waals surface area contributed by atoms with Crippen LogP contribution in [0.25, 0.3) is 0 Å². The van der Waals surface area contributed by atoms with Gasteiger partial charge >= 0.3 is 0 Å². The fraction of sp³-hybridized carbons (Fsp3) is 0.900. The van der Waals surface area contributed by atoms with E-state index in [1.807, 2.05) is 4.90 Å². The van der Waals surface area contributed by atoms with Crippen molar-refractivity contribution in [3.05, 3.63) is 0 Å². The van der Waals surface area contributed by atoms with Gasteiger partial charge in [0.05, 0.1) is 6.10 Å². The van der Waals surface area contributed by atoms with Crippen LogP contribution in [0.3, 0.4) is 0 Å². The summed E-state index contributed by atoms with van der Waals surface area (Å²) in [4.78, 5) is 19.1. The molecule has 0 aromatic heterocycles. The van der Waals surface area contributed by atoms with E-state index in [1.165, 1.54) is 19.3 Å². The number of nitrogens with zero attached hydrogens (tertiary/aromatic N) is 2. The highest BCUT2D eigenvalue weighted by molar-refractivity contribution is 5.81. The van der Waals surface area contributed by atoms with Gasteiger partial charge in [-0.25, -0.2) is 0 Å². The number of guanidine groups is 1. The van der Waals surface area contributed by atoms with Crippen molar-refractivity contribution < 1.29 is 9.53 Å². The van der Waals surface area contributed by atoms with Crippen LogP contribution in [-0.4, -0.2) is 62.7 Å². The second-order valence-corrected chi connectivity index (χ2v) is 8.79. The van der Waals surface area contributed by atoms with E-state index in [-0.39, 0.29) is 23.5 Å². The van der Waals surface area contributed by atoms with E-state index < -0.39 is 0 Å². The van der Waals surface area contributed by atoms with Crippen LogP contribution in [0, 0.1) is 11.3 Å². The standard InChI is InChI=1S/C20H38N4O2/c1-20(2,3)17(26-5)13-22-19(21-4)23-16-11-12-24(14-16)18(25)15-9-7-6-8-10-15/h15-17H,6-14H2,1-5H3,(H2,21,22,23). The first-order valence-corrected chi connectivity index (χ1v) is 10.1. The van der Waals surface area contributed by atoms with Crippen LogP contribution in [0.15, 0.2) is 4.99 Å². The quantitative estimate of drug-likeness (QED) is 0.579. The van der Waals surface area contributed by atoms with Gasteiger partial charge < -0.3 is 20.3 Å². The van der Waals surface area contributed by atoms with E-state index in [1.54, 1.807) is 14.2 Å². The van der Waals surface area contributed by atoms with Gasteiger partial charge in [-0.2, -0.15) is 0 Å². The van der Waals surface area contributed by atoms with Gasteiger partial charge in [0.25, 0.3) is 0 Å². The lowest BCUT2D eigenvalue weighted by Gasteiger charge is -2.30. The molecule has 2 aliphatic rings. The van der Waals surface area contributed by atoms with Crippen molar-refractivity contribution in [3.63, 3.8) is 0 Å². The van der Waals surface area contributed by atoms with Crippen LogP contribution in [0.4, 0.5) is 0 Å². The normalized spacial score (nSPS) is 23.8. The van der Waals surface area contributed by atoms with E-state index in [0.717, 1.165) is 38.3 Å². The molecule has 2 rings (SSSR count). The van der Waals surface area contributed by atoms with Crippen LogP contribution in [0.2, 0.25) is 0 Å². The van der Waals surface area contributed by atoms with Crippen LogP contribution >= 0.6 is 0 Å². The number of carbonyl (C=O) groups is 1. The molecule has 1 aliphatic heterocycles. The SMILES string of the molecule is CN=C(NCC(OC)C(C)(C)C)NC1CCN(C(=O)C2CCCCC2)C1. The smallest absolute Gasteiger partial charge is 0.225 e. The number of rotatable bonds is 5. The number of methoxy groups -OCH3 is 1. The molecule has 1 amide bonds. The van der Waals surface area contributed by atoms with Gasteiger partial charge in [0.15, 0.2) is 5.96 Å². The third-order valence-electron chi connectivity index (χ3n) is 5.72. The molecule has 0 aromatic rings. The zero-order valence-corrected chi connectivity index (χ0v) is 17.3. The van der Waals surface area contributed by atoms with E-state index >= 15 is 0 Å². The molecule has 1 heterocycles. The highest BCUT2D eigenvalue weighted by Gasteiger charge is 2.32. The molecular formula is C20H38N4O2. The van der Waals surface area contributed by atoms with E-state index in [0.29, 0.717) is 12.5 Å². The fourth-order valence-corrected chi connectivity index (χ4v) is 4.01. The molecule has 150 valence electrons. The van der Waals surface area contributed by atoms with Crippen LogP contribution in [-0.2, 0) is 9.53 Å². The van der Waals surface area contributed by atoms with E-state index in [9.17, 15) is 4.79 Å². The number of likely N-dealkylation sites (tertiary alicyclic amines) is 1. The van der Waals surface area contributed by atoms with Gasteiger partial charge in [-0.1, -0.05) is 40.0 Å². The molecule has 6 heteroatoms. The number of nitrogens with one attached hydrogen (secondary N) is 2. The van der Waals surface area contributed by atoms with Gasteiger partial charge in [-0.05, 0) is 24.7 Å². The largest absolute Gasteiger partial charge is 0.379 e. The Morgan fingerprint density at radius 2 is 1.92 bits per heavy atom. The van der Waals surface area contributed by atoms with Crippen LogP contribution < -0.4 is 10.6 Å². The summed E-state index contributed by atoms with van der Waals surface area (Å²) in [7, 11) is 3.54. The Hall–Kier alpha value is -1.30. The predicted octanol–water partition coefficient (Wildman–Crippen LogP) is 2.39. The van der Waals surface area contributed by atoms with Crippen molar-refractivity contribution in [2.24, 2.45) is 16.3 Å². The summed E-state index contributed by atoms with van der Waals surface area (Å²) >= 11 is 0.